The van der Waals surface area contributed by atoms with Gasteiger partial charge in [0.25, 0.3) is 0 Å². The summed E-state index contributed by atoms with van der Waals surface area (Å²) >= 11 is 0. The zero-order chi connectivity index (χ0) is 14.0. The Bertz CT molecular complexity index is 288. The van der Waals surface area contributed by atoms with Crippen LogP contribution in [-0.4, -0.2) is 35.5 Å². The molecule has 0 amide bonds. The summed E-state index contributed by atoms with van der Waals surface area (Å²) in [6, 6.07) is 0. The Morgan fingerprint density at radius 2 is 1.89 bits per heavy atom. The highest BCUT2D eigenvalue weighted by Gasteiger charge is 2.44. The average molecular weight is 269 g/mol. The fraction of sp³-hybridized carbons (Fsp3) is 1.00. The van der Waals surface area contributed by atoms with Crippen molar-refractivity contribution in [1.29, 1.82) is 0 Å². The highest BCUT2D eigenvalue weighted by Crippen LogP contribution is 2.44. The maximum Gasteiger partial charge on any atom is 0.0598 e. The van der Waals surface area contributed by atoms with Crippen molar-refractivity contribution in [2.45, 2.75) is 65.1 Å². The number of hydrogen-bond donors (Lipinski definition) is 3. The summed E-state index contributed by atoms with van der Waals surface area (Å²) < 4.78 is 0. The predicted octanol–water partition coefficient (Wildman–Crippen LogP) is 2.17. The van der Waals surface area contributed by atoms with E-state index in [1.165, 1.54) is 0 Å². The zero-order valence-corrected chi connectivity index (χ0v) is 12.7. The normalized spacial score (nSPS) is 45.2. The number of hydrogen-bond acceptors (Lipinski definition) is 3. The van der Waals surface area contributed by atoms with Crippen molar-refractivity contribution in [3.63, 3.8) is 0 Å². The van der Waals surface area contributed by atoms with Gasteiger partial charge in [-0.2, -0.15) is 0 Å². The average Bonchev–Trinajstić information content (AvgIpc) is 2.86. The van der Waals surface area contributed by atoms with Gasteiger partial charge in [0.15, 0.2) is 0 Å². The van der Waals surface area contributed by atoms with Crippen LogP contribution < -0.4 is 5.32 Å². The van der Waals surface area contributed by atoms with E-state index in [9.17, 15) is 10.2 Å². The highest BCUT2D eigenvalue weighted by atomic mass is 16.3. The standard InChI is InChI=1S/C16H31NO2/c1-11(2)12-4-5-15(19)16(3,9-14(18)8-12)13-6-7-17-10-13/h11-15,17-19H,4-10H2,1-3H3. The Morgan fingerprint density at radius 3 is 2.47 bits per heavy atom. The quantitative estimate of drug-likeness (QED) is 0.720. The van der Waals surface area contributed by atoms with Gasteiger partial charge in [-0.1, -0.05) is 20.8 Å². The molecule has 3 N–H and O–H groups in total. The molecule has 2 rings (SSSR count). The third-order valence-electron chi connectivity index (χ3n) is 5.76. The van der Waals surface area contributed by atoms with Crippen molar-refractivity contribution in [2.75, 3.05) is 13.1 Å². The van der Waals surface area contributed by atoms with Crippen LogP contribution in [0.5, 0.6) is 0 Å². The summed E-state index contributed by atoms with van der Waals surface area (Å²) in [5.41, 5.74) is -0.120. The van der Waals surface area contributed by atoms with Gasteiger partial charge in [0, 0.05) is 0 Å². The minimum atomic E-state index is -0.270. The van der Waals surface area contributed by atoms with Crippen LogP contribution in [0.1, 0.15) is 52.9 Å². The van der Waals surface area contributed by atoms with Gasteiger partial charge in [-0.05, 0) is 68.4 Å². The second-order valence-corrected chi connectivity index (χ2v) is 7.39. The second-order valence-electron chi connectivity index (χ2n) is 7.39. The molecule has 0 spiro atoms. The largest absolute Gasteiger partial charge is 0.393 e. The molecular weight excluding hydrogens is 238 g/mol. The molecule has 19 heavy (non-hydrogen) atoms. The van der Waals surface area contributed by atoms with E-state index in [0.717, 1.165) is 45.2 Å². The lowest BCUT2D eigenvalue weighted by Crippen LogP contribution is -2.45. The molecule has 3 heteroatoms. The lowest BCUT2D eigenvalue weighted by Gasteiger charge is -2.44. The van der Waals surface area contributed by atoms with Crippen molar-refractivity contribution in [3.05, 3.63) is 0 Å². The van der Waals surface area contributed by atoms with Gasteiger partial charge in [-0.3, -0.25) is 0 Å². The molecule has 1 saturated heterocycles. The Morgan fingerprint density at radius 1 is 1.16 bits per heavy atom. The molecule has 112 valence electrons. The first-order chi connectivity index (χ1) is 8.93. The second kappa shape index (κ2) is 6.11. The molecule has 1 saturated carbocycles. The summed E-state index contributed by atoms with van der Waals surface area (Å²) in [6.07, 6.45) is 4.20. The van der Waals surface area contributed by atoms with Crippen molar-refractivity contribution in [2.24, 2.45) is 23.2 Å². The molecule has 1 aliphatic heterocycles. The summed E-state index contributed by atoms with van der Waals surface area (Å²) in [4.78, 5) is 0. The lowest BCUT2D eigenvalue weighted by atomic mass is 9.64. The smallest absolute Gasteiger partial charge is 0.0598 e. The summed E-state index contributed by atoms with van der Waals surface area (Å²) in [5.74, 6) is 1.66. The predicted molar refractivity (Wildman–Crippen MR) is 77.9 cm³/mol. The minimum Gasteiger partial charge on any atom is -0.393 e. The first kappa shape index (κ1) is 15.3. The monoisotopic (exact) mass is 269 g/mol. The van der Waals surface area contributed by atoms with E-state index < -0.39 is 0 Å². The van der Waals surface area contributed by atoms with Crippen LogP contribution in [0.25, 0.3) is 0 Å². The third-order valence-corrected chi connectivity index (χ3v) is 5.76. The maximum atomic E-state index is 10.7. The lowest BCUT2D eigenvalue weighted by molar-refractivity contribution is -0.0623. The molecule has 0 aromatic carbocycles. The van der Waals surface area contributed by atoms with E-state index >= 15 is 0 Å². The summed E-state index contributed by atoms with van der Waals surface area (Å²) in [7, 11) is 0. The molecule has 0 aromatic rings. The summed E-state index contributed by atoms with van der Waals surface area (Å²) in [5, 5.41) is 24.5. The Hall–Kier alpha value is -0.120. The number of aliphatic hydroxyl groups is 2. The van der Waals surface area contributed by atoms with Crippen molar-refractivity contribution >= 4 is 0 Å². The van der Waals surface area contributed by atoms with Gasteiger partial charge >= 0.3 is 0 Å². The number of aliphatic hydroxyl groups excluding tert-OH is 2. The molecule has 0 bridgehead atoms. The third kappa shape index (κ3) is 3.32. The maximum absolute atomic E-state index is 10.7. The highest BCUT2D eigenvalue weighted by molar-refractivity contribution is 4.96. The number of rotatable bonds is 2. The molecule has 2 fully saturated rings. The Labute approximate surface area is 117 Å². The van der Waals surface area contributed by atoms with Crippen LogP contribution in [0.2, 0.25) is 0 Å². The van der Waals surface area contributed by atoms with Crippen LogP contribution in [0.3, 0.4) is 0 Å². The Kier molecular flexibility index (Phi) is 4.91. The SMILES string of the molecule is CC(C)C1CCC(O)C(C)(C2CCNC2)CC(O)C1. The molecular formula is C16H31NO2. The van der Waals surface area contributed by atoms with Crippen LogP contribution in [0, 0.1) is 23.2 Å². The first-order valence-electron chi connectivity index (χ1n) is 8.00. The van der Waals surface area contributed by atoms with Gasteiger partial charge in [0.1, 0.15) is 0 Å². The molecule has 5 unspecified atom stereocenters. The zero-order valence-electron chi connectivity index (χ0n) is 12.7. The van der Waals surface area contributed by atoms with E-state index in [0.29, 0.717) is 17.8 Å². The molecule has 1 heterocycles. The molecule has 0 radical (unpaired) electrons. The van der Waals surface area contributed by atoms with Crippen molar-refractivity contribution in [1.82, 2.24) is 5.32 Å². The molecule has 3 nitrogen and oxygen atoms in total. The van der Waals surface area contributed by atoms with Crippen LogP contribution in [0.15, 0.2) is 0 Å². The van der Waals surface area contributed by atoms with E-state index in [1.807, 2.05) is 0 Å². The fourth-order valence-corrected chi connectivity index (χ4v) is 4.16. The molecule has 0 aromatic heterocycles. The van der Waals surface area contributed by atoms with E-state index in [2.05, 4.69) is 26.1 Å². The number of nitrogens with one attached hydrogen (secondary N) is 1. The van der Waals surface area contributed by atoms with Crippen molar-refractivity contribution < 1.29 is 10.2 Å². The van der Waals surface area contributed by atoms with Gasteiger partial charge in [-0.15, -0.1) is 0 Å². The molecule has 1 aliphatic carbocycles. The van der Waals surface area contributed by atoms with E-state index in [-0.39, 0.29) is 17.6 Å². The van der Waals surface area contributed by atoms with Crippen LogP contribution >= 0.6 is 0 Å². The van der Waals surface area contributed by atoms with Crippen molar-refractivity contribution in [3.8, 4) is 0 Å². The van der Waals surface area contributed by atoms with Gasteiger partial charge in [0.2, 0.25) is 0 Å². The molecule has 5 atom stereocenters. The Balaban J connectivity index is 2.09. The molecule has 2 aliphatic rings. The first-order valence-corrected chi connectivity index (χ1v) is 8.00. The van der Waals surface area contributed by atoms with E-state index in [4.69, 9.17) is 0 Å². The topological polar surface area (TPSA) is 52.5 Å². The van der Waals surface area contributed by atoms with Crippen LogP contribution in [-0.2, 0) is 0 Å². The minimum absolute atomic E-state index is 0.120. The van der Waals surface area contributed by atoms with E-state index in [1.54, 1.807) is 0 Å². The van der Waals surface area contributed by atoms with Gasteiger partial charge in [0.05, 0.1) is 12.2 Å². The van der Waals surface area contributed by atoms with Crippen LogP contribution in [0.4, 0.5) is 0 Å². The van der Waals surface area contributed by atoms with Gasteiger partial charge in [-0.25, -0.2) is 0 Å². The van der Waals surface area contributed by atoms with Gasteiger partial charge < -0.3 is 15.5 Å². The fourth-order valence-electron chi connectivity index (χ4n) is 4.16. The summed E-state index contributed by atoms with van der Waals surface area (Å²) in [6.45, 7) is 8.69.